The Morgan fingerprint density at radius 3 is 2.50 bits per heavy atom. The Morgan fingerprint density at radius 1 is 1.22 bits per heavy atom. The van der Waals surface area contributed by atoms with Gasteiger partial charge in [0.15, 0.2) is 0 Å². The van der Waals surface area contributed by atoms with Gasteiger partial charge in [0.1, 0.15) is 11.6 Å². The van der Waals surface area contributed by atoms with Crippen LogP contribution in [-0.2, 0) is 0 Å². The zero-order valence-corrected chi connectivity index (χ0v) is 9.71. The summed E-state index contributed by atoms with van der Waals surface area (Å²) in [6.07, 6.45) is 2.70. The van der Waals surface area contributed by atoms with Gasteiger partial charge in [-0.15, -0.1) is 0 Å². The maximum atomic E-state index is 12.9. The van der Waals surface area contributed by atoms with E-state index in [4.69, 9.17) is 11.6 Å². The van der Waals surface area contributed by atoms with Crippen molar-refractivity contribution in [3.05, 3.63) is 58.9 Å². The van der Waals surface area contributed by atoms with Crippen LogP contribution in [0.3, 0.4) is 0 Å². The molecule has 0 unspecified atom stereocenters. The Hall–Kier alpha value is -2.01. The number of carbonyl (C=O) groups excluding carboxylic acids is 1. The van der Waals surface area contributed by atoms with Crippen molar-refractivity contribution in [1.29, 1.82) is 0 Å². The maximum absolute atomic E-state index is 12.9. The molecular weight excluding hydrogens is 262 g/mol. The first-order chi connectivity index (χ1) is 8.56. The molecule has 92 valence electrons. The van der Waals surface area contributed by atoms with Crippen molar-refractivity contribution in [2.75, 3.05) is 5.32 Å². The van der Waals surface area contributed by atoms with E-state index in [0.717, 1.165) is 18.2 Å². The fourth-order valence-corrected chi connectivity index (χ4v) is 1.59. The quantitative estimate of drug-likeness (QED) is 0.908. The van der Waals surface area contributed by atoms with Crippen LogP contribution >= 0.6 is 11.6 Å². The second-order valence-corrected chi connectivity index (χ2v) is 3.87. The number of aromatic nitrogens is 1. The Morgan fingerprint density at radius 2 is 1.89 bits per heavy atom. The maximum Gasteiger partial charge on any atom is 0.257 e. The first-order valence-electron chi connectivity index (χ1n) is 4.93. The van der Waals surface area contributed by atoms with E-state index in [1.165, 1.54) is 18.5 Å². The predicted octanol–water partition coefficient (Wildman–Crippen LogP) is 3.27. The zero-order chi connectivity index (χ0) is 13.1. The average Bonchev–Trinajstić information content (AvgIpc) is 2.27. The number of rotatable bonds is 2. The zero-order valence-electron chi connectivity index (χ0n) is 8.95. The van der Waals surface area contributed by atoms with Crippen LogP contribution in [0.25, 0.3) is 0 Å². The SMILES string of the molecule is O=C(Nc1cc(F)cc(F)c1)c1ccncc1Cl. The molecule has 2 aromatic rings. The van der Waals surface area contributed by atoms with Crippen LogP contribution in [0.5, 0.6) is 0 Å². The van der Waals surface area contributed by atoms with Gasteiger partial charge in [0.25, 0.3) is 5.91 Å². The molecule has 1 heterocycles. The number of carbonyl (C=O) groups is 1. The van der Waals surface area contributed by atoms with E-state index in [1.807, 2.05) is 0 Å². The minimum Gasteiger partial charge on any atom is -0.322 e. The normalized spacial score (nSPS) is 10.2. The summed E-state index contributed by atoms with van der Waals surface area (Å²) in [7, 11) is 0. The molecule has 0 aliphatic rings. The number of nitrogens with one attached hydrogen (secondary N) is 1. The summed E-state index contributed by atoms with van der Waals surface area (Å²) in [6.45, 7) is 0. The van der Waals surface area contributed by atoms with Gasteiger partial charge in [-0.25, -0.2) is 8.78 Å². The van der Waals surface area contributed by atoms with Crippen LogP contribution in [-0.4, -0.2) is 10.9 Å². The number of nitrogens with zero attached hydrogens (tertiary/aromatic N) is 1. The van der Waals surface area contributed by atoms with Gasteiger partial charge in [-0.2, -0.15) is 0 Å². The summed E-state index contributed by atoms with van der Waals surface area (Å²) < 4.78 is 25.9. The fraction of sp³-hybridized carbons (Fsp3) is 0. The fourth-order valence-electron chi connectivity index (χ4n) is 1.38. The minimum atomic E-state index is -0.772. The number of hydrogen-bond donors (Lipinski definition) is 1. The van der Waals surface area contributed by atoms with Crippen molar-refractivity contribution < 1.29 is 13.6 Å². The second kappa shape index (κ2) is 5.10. The third-order valence-electron chi connectivity index (χ3n) is 2.14. The molecule has 0 saturated carbocycles. The van der Waals surface area contributed by atoms with E-state index in [9.17, 15) is 13.6 Å². The molecule has 18 heavy (non-hydrogen) atoms. The molecule has 0 atom stereocenters. The average molecular weight is 269 g/mol. The van der Waals surface area contributed by atoms with Gasteiger partial charge in [-0.05, 0) is 18.2 Å². The molecule has 1 N–H and O–H groups in total. The van der Waals surface area contributed by atoms with Crippen LogP contribution in [0, 0.1) is 11.6 Å². The van der Waals surface area contributed by atoms with E-state index in [-0.39, 0.29) is 16.3 Å². The standard InChI is InChI=1S/C12H7ClF2N2O/c13-11-6-16-2-1-10(11)12(18)17-9-4-7(14)3-8(15)5-9/h1-6H,(H,17,18). The van der Waals surface area contributed by atoms with Crippen molar-refractivity contribution in [2.45, 2.75) is 0 Å². The number of benzene rings is 1. The molecule has 0 bridgehead atoms. The molecule has 0 saturated heterocycles. The first-order valence-corrected chi connectivity index (χ1v) is 5.31. The van der Waals surface area contributed by atoms with Crippen LogP contribution in [0.4, 0.5) is 14.5 Å². The lowest BCUT2D eigenvalue weighted by atomic mass is 10.2. The Balaban J connectivity index is 2.24. The summed E-state index contributed by atoms with van der Waals surface area (Å²) in [6, 6.07) is 4.15. The largest absolute Gasteiger partial charge is 0.322 e. The van der Waals surface area contributed by atoms with Gasteiger partial charge >= 0.3 is 0 Å². The summed E-state index contributed by atoms with van der Waals surface area (Å²) in [4.78, 5) is 15.5. The van der Waals surface area contributed by atoms with Crippen LogP contribution < -0.4 is 5.32 Å². The highest BCUT2D eigenvalue weighted by Crippen LogP contribution is 2.17. The van der Waals surface area contributed by atoms with Gasteiger partial charge in [0, 0.05) is 24.1 Å². The molecule has 0 spiro atoms. The third kappa shape index (κ3) is 2.81. The molecular formula is C12H7ClF2N2O. The van der Waals surface area contributed by atoms with Crippen LogP contribution in [0.15, 0.2) is 36.7 Å². The molecule has 1 aromatic heterocycles. The van der Waals surface area contributed by atoms with Crippen molar-refractivity contribution in [3.63, 3.8) is 0 Å². The lowest BCUT2D eigenvalue weighted by Crippen LogP contribution is -2.12. The van der Waals surface area contributed by atoms with Crippen LogP contribution in [0.2, 0.25) is 5.02 Å². The topological polar surface area (TPSA) is 42.0 Å². The van der Waals surface area contributed by atoms with E-state index < -0.39 is 17.5 Å². The second-order valence-electron chi connectivity index (χ2n) is 3.47. The Labute approximate surface area is 106 Å². The highest BCUT2D eigenvalue weighted by atomic mass is 35.5. The number of hydrogen-bond acceptors (Lipinski definition) is 2. The Bertz CT molecular complexity index is 584. The monoisotopic (exact) mass is 268 g/mol. The summed E-state index contributed by atoms with van der Waals surface area (Å²) in [5.74, 6) is -2.11. The van der Waals surface area contributed by atoms with Crippen molar-refractivity contribution >= 4 is 23.2 Å². The highest BCUT2D eigenvalue weighted by Gasteiger charge is 2.11. The van der Waals surface area contributed by atoms with Gasteiger partial charge in [-0.1, -0.05) is 11.6 Å². The lowest BCUT2D eigenvalue weighted by molar-refractivity contribution is 0.102. The van der Waals surface area contributed by atoms with Crippen molar-refractivity contribution in [2.24, 2.45) is 0 Å². The van der Waals surface area contributed by atoms with Gasteiger partial charge in [0.05, 0.1) is 10.6 Å². The summed E-state index contributed by atoms with van der Waals surface area (Å²) >= 11 is 5.78. The van der Waals surface area contributed by atoms with E-state index in [1.54, 1.807) is 0 Å². The molecule has 3 nitrogen and oxygen atoms in total. The molecule has 0 fully saturated rings. The minimum absolute atomic E-state index is 0.0189. The van der Waals surface area contributed by atoms with Crippen LogP contribution in [0.1, 0.15) is 10.4 Å². The molecule has 1 aromatic carbocycles. The van der Waals surface area contributed by atoms with E-state index >= 15 is 0 Å². The van der Waals surface area contributed by atoms with E-state index in [2.05, 4.69) is 10.3 Å². The molecule has 0 aliphatic heterocycles. The summed E-state index contributed by atoms with van der Waals surface area (Å²) in [5, 5.41) is 2.51. The number of amides is 1. The number of pyridine rings is 1. The predicted molar refractivity (Wildman–Crippen MR) is 63.6 cm³/mol. The van der Waals surface area contributed by atoms with Gasteiger partial charge < -0.3 is 5.32 Å². The molecule has 2 rings (SSSR count). The lowest BCUT2D eigenvalue weighted by Gasteiger charge is -2.06. The Kier molecular flexibility index (Phi) is 3.53. The van der Waals surface area contributed by atoms with Crippen molar-refractivity contribution in [1.82, 2.24) is 4.98 Å². The van der Waals surface area contributed by atoms with Gasteiger partial charge in [-0.3, -0.25) is 9.78 Å². The molecule has 1 amide bonds. The van der Waals surface area contributed by atoms with Crippen molar-refractivity contribution in [3.8, 4) is 0 Å². The van der Waals surface area contributed by atoms with E-state index in [0.29, 0.717) is 0 Å². The smallest absolute Gasteiger partial charge is 0.257 e. The molecule has 0 aliphatic carbocycles. The van der Waals surface area contributed by atoms with Gasteiger partial charge in [0.2, 0.25) is 0 Å². The first kappa shape index (κ1) is 12.4. The number of halogens is 3. The summed E-state index contributed by atoms with van der Waals surface area (Å²) in [5.41, 5.74) is 0.196. The highest BCUT2D eigenvalue weighted by molar-refractivity contribution is 6.34. The molecule has 6 heteroatoms. The number of anilines is 1. The molecule has 0 radical (unpaired) electrons. The third-order valence-corrected chi connectivity index (χ3v) is 2.44.